The van der Waals surface area contributed by atoms with Crippen LogP contribution in [-0.2, 0) is 0 Å². The highest BCUT2D eigenvalue weighted by Crippen LogP contribution is 2.17. The summed E-state index contributed by atoms with van der Waals surface area (Å²) in [6, 6.07) is 2.68. The molecule has 0 saturated heterocycles. The maximum Gasteiger partial charge on any atom is 0.0347 e. The first-order valence-corrected chi connectivity index (χ1v) is 7.58. The average Bonchev–Trinajstić information content (AvgIpc) is 2.43. The third-order valence-corrected chi connectivity index (χ3v) is 3.57. The van der Waals surface area contributed by atoms with Crippen molar-refractivity contribution in [1.82, 2.24) is 15.2 Å². The van der Waals surface area contributed by atoms with Crippen molar-refractivity contribution in [3.63, 3.8) is 0 Å². The standard InChI is InChI=1S/C16H29N3/c1-5-9-18-16(8-10-19(6-2)7-3)15-11-14(4)12-17-13-15/h11-13,16,18H,5-10H2,1-4H3. The van der Waals surface area contributed by atoms with Gasteiger partial charge in [0, 0.05) is 18.4 Å². The van der Waals surface area contributed by atoms with Gasteiger partial charge in [0.05, 0.1) is 0 Å². The van der Waals surface area contributed by atoms with E-state index < -0.39 is 0 Å². The molecule has 0 aliphatic carbocycles. The molecule has 0 aliphatic rings. The first-order valence-electron chi connectivity index (χ1n) is 7.58. The zero-order valence-electron chi connectivity index (χ0n) is 12.9. The Balaban J connectivity index is 2.65. The van der Waals surface area contributed by atoms with Gasteiger partial charge in [0.25, 0.3) is 0 Å². The minimum absolute atomic E-state index is 0.424. The van der Waals surface area contributed by atoms with Gasteiger partial charge in [-0.05, 0) is 57.1 Å². The Bertz CT molecular complexity index is 348. The largest absolute Gasteiger partial charge is 0.310 e. The predicted molar refractivity (Wildman–Crippen MR) is 82.4 cm³/mol. The van der Waals surface area contributed by atoms with E-state index in [2.05, 4.69) is 49.0 Å². The first kappa shape index (κ1) is 16.1. The summed E-state index contributed by atoms with van der Waals surface area (Å²) in [5.41, 5.74) is 2.56. The van der Waals surface area contributed by atoms with Crippen LogP contribution in [0.25, 0.3) is 0 Å². The fourth-order valence-corrected chi connectivity index (χ4v) is 2.33. The number of aryl methyl sites for hydroxylation is 1. The number of aromatic nitrogens is 1. The van der Waals surface area contributed by atoms with Crippen LogP contribution in [0.5, 0.6) is 0 Å². The molecule has 0 fully saturated rings. The summed E-state index contributed by atoms with van der Waals surface area (Å²) in [5.74, 6) is 0. The van der Waals surface area contributed by atoms with Crippen LogP contribution < -0.4 is 5.32 Å². The zero-order chi connectivity index (χ0) is 14.1. The fourth-order valence-electron chi connectivity index (χ4n) is 2.33. The van der Waals surface area contributed by atoms with Gasteiger partial charge in [-0.3, -0.25) is 4.98 Å². The van der Waals surface area contributed by atoms with Crippen LogP contribution in [-0.4, -0.2) is 36.1 Å². The Kier molecular flexibility index (Phi) is 7.68. The number of hydrogen-bond donors (Lipinski definition) is 1. The molecule has 0 radical (unpaired) electrons. The Labute approximate surface area is 118 Å². The fraction of sp³-hybridized carbons (Fsp3) is 0.688. The maximum absolute atomic E-state index is 4.33. The monoisotopic (exact) mass is 263 g/mol. The number of pyridine rings is 1. The highest BCUT2D eigenvalue weighted by molar-refractivity contribution is 5.20. The van der Waals surface area contributed by atoms with Gasteiger partial charge in [-0.2, -0.15) is 0 Å². The molecule has 3 heteroatoms. The lowest BCUT2D eigenvalue weighted by Crippen LogP contribution is -2.30. The van der Waals surface area contributed by atoms with Crippen LogP contribution in [0.2, 0.25) is 0 Å². The minimum Gasteiger partial charge on any atom is -0.310 e. The normalized spacial score (nSPS) is 12.9. The summed E-state index contributed by atoms with van der Waals surface area (Å²) in [4.78, 5) is 6.80. The molecule has 0 bridgehead atoms. The summed E-state index contributed by atoms with van der Waals surface area (Å²) in [6.07, 6.45) is 6.24. The molecule has 3 nitrogen and oxygen atoms in total. The molecule has 0 spiro atoms. The van der Waals surface area contributed by atoms with Gasteiger partial charge in [-0.25, -0.2) is 0 Å². The maximum atomic E-state index is 4.33. The van der Waals surface area contributed by atoms with Crippen molar-refractivity contribution in [2.24, 2.45) is 0 Å². The van der Waals surface area contributed by atoms with Gasteiger partial charge in [0.1, 0.15) is 0 Å². The molecule has 0 amide bonds. The molecule has 1 aromatic rings. The van der Waals surface area contributed by atoms with E-state index >= 15 is 0 Å². The lowest BCUT2D eigenvalue weighted by molar-refractivity contribution is 0.281. The van der Waals surface area contributed by atoms with Crippen LogP contribution in [0, 0.1) is 6.92 Å². The Morgan fingerprint density at radius 3 is 2.53 bits per heavy atom. The van der Waals surface area contributed by atoms with Crippen molar-refractivity contribution < 1.29 is 0 Å². The van der Waals surface area contributed by atoms with E-state index in [-0.39, 0.29) is 0 Å². The highest BCUT2D eigenvalue weighted by Gasteiger charge is 2.12. The molecule has 0 aromatic carbocycles. The van der Waals surface area contributed by atoms with Crippen LogP contribution in [0.4, 0.5) is 0 Å². The van der Waals surface area contributed by atoms with Crippen LogP contribution >= 0.6 is 0 Å². The minimum atomic E-state index is 0.424. The molecule has 1 heterocycles. The van der Waals surface area contributed by atoms with Gasteiger partial charge >= 0.3 is 0 Å². The number of rotatable bonds is 9. The van der Waals surface area contributed by atoms with E-state index in [1.807, 2.05) is 12.4 Å². The molecular weight excluding hydrogens is 234 g/mol. The molecule has 19 heavy (non-hydrogen) atoms. The van der Waals surface area contributed by atoms with E-state index in [0.717, 1.165) is 32.6 Å². The van der Waals surface area contributed by atoms with E-state index in [9.17, 15) is 0 Å². The molecule has 1 atom stereocenters. The lowest BCUT2D eigenvalue weighted by Gasteiger charge is -2.24. The van der Waals surface area contributed by atoms with Crippen molar-refractivity contribution in [2.75, 3.05) is 26.2 Å². The van der Waals surface area contributed by atoms with Crippen LogP contribution in [0.3, 0.4) is 0 Å². The second-order valence-electron chi connectivity index (χ2n) is 5.12. The third-order valence-electron chi connectivity index (χ3n) is 3.57. The molecular formula is C16H29N3. The smallest absolute Gasteiger partial charge is 0.0347 e. The molecule has 1 aromatic heterocycles. The summed E-state index contributed by atoms with van der Waals surface area (Å²) >= 11 is 0. The molecule has 1 unspecified atom stereocenters. The second-order valence-corrected chi connectivity index (χ2v) is 5.12. The SMILES string of the molecule is CCCNC(CCN(CC)CC)c1cncc(C)c1. The van der Waals surface area contributed by atoms with E-state index in [1.54, 1.807) is 0 Å². The Morgan fingerprint density at radius 2 is 1.95 bits per heavy atom. The van der Waals surface area contributed by atoms with Gasteiger partial charge in [0.2, 0.25) is 0 Å². The molecule has 0 aliphatic heterocycles. The summed E-state index contributed by atoms with van der Waals surface area (Å²) in [6.45, 7) is 13.2. The van der Waals surface area contributed by atoms with Gasteiger partial charge < -0.3 is 10.2 Å². The van der Waals surface area contributed by atoms with Gasteiger partial charge in [-0.1, -0.05) is 26.8 Å². The summed E-state index contributed by atoms with van der Waals surface area (Å²) < 4.78 is 0. The van der Waals surface area contributed by atoms with E-state index in [0.29, 0.717) is 6.04 Å². The number of hydrogen-bond acceptors (Lipinski definition) is 3. The Morgan fingerprint density at radius 1 is 1.21 bits per heavy atom. The van der Waals surface area contributed by atoms with E-state index in [1.165, 1.54) is 17.5 Å². The molecule has 1 N–H and O–H groups in total. The highest BCUT2D eigenvalue weighted by atomic mass is 15.1. The summed E-state index contributed by atoms with van der Waals surface area (Å²) in [7, 11) is 0. The van der Waals surface area contributed by atoms with Crippen LogP contribution in [0.1, 0.15) is 50.8 Å². The average molecular weight is 263 g/mol. The van der Waals surface area contributed by atoms with Crippen molar-refractivity contribution in [3.05, 3.63) is 29.6 Å². The molecule has 1 rings (SSSR count). The molecule has 0 saturated carbocycles. The summed E-state index contributed by atoms with van der Waals surface area (Å²) in [5, 5.41) is 3.65. The van der Waals surface area contributed by atoms with Crippen molar-refractivity contribution in [3.8, 4) is 0 Å². The van der Waals surface area contributed by atoms with Crippen molar-refractivity contribution in [2.45, 2.75) is 46.6 Å². The Hall–Kier alpha value is -0.930. The predicted octanol–water partition coefficient (Wildman–Crippen LogP) is 3.16. The van der Waals surface area contributed by atoms with E-state index in [4.69, 9.17) is 0 Å². The zero-order valence-corrected chi connectivity index (χ0v) is 12.9. The number of nitrogens with one attached hydrogen (secondary N) is 1. The topological polar surface area (TPSA) is 28.2 Å². The lowest BCUT2D eigenvalue weighted by atomic mass is 10.0. The number of nitrogens with zero attached hydrogens (tertiary/aromatic N) is 2. The molecule has 108 valence electrons. The quantitative estimate of drug-likeness (QED) is 0.742. The van der Waals surface area contributed by atoms with Gasteiger partial charge in [-0.15, -0.1) is 0 Å². The van der Waals surface area contributed by atoms with Crippen molar-refractivity contribution >= 4 is 0 Å². The third kappa shape index (κ3) is 5.70. The first-order chi connectivity index (χ1) is 9.21. The second kappa shape index (κ2) is 9.05. The van der Waals surface area contributed by atoms with Gasteiger partial charge in [0.15, 0.2) is 0 Å². The van der Waals surface area contributed by atoms with Crippen molar-refractivity contribution in [1.29, 1.82) is 0 Å². The van der Waals surface area contributed by atoms with Crippen LogP contribution in [0.15, 0.2) is 18.5 Å².